The predicted octanol–water partition coefficient (Wildman–Crippen LogP) is 4.15. The largest absolute Gasteiger partial charge is 0.495 e. The van der Waals surface area contributed by atoms with E-state index in [9.17, 15) is 19.7 Å². The van der Waals surface area contributed by atoms with E-state index < -0.39 is 16.7 Å². The summed E-state index contributed by atoms with van der Waals surface area (Å²) in [7, 11) is 1.49. The number of carbonyl (C=O) groups excluding carboxylic acids is 2. The molecule has 1 saturated heterocycles. The lowest BCUT2D eigenvalue weighted by atomic mass is 10.1. The van der Waals surface area contributed by atoms with Gasteiger partial charge in [-0.2, -0.15) is 0 Å². The van der Waals surface area contributed by atoms with Crippen molar-refractivity contribution >= 4 is 46.6 Å². The van der Waals surface area contributed by atoms with Crippen molar-refractivity contribution in [2.24, 2.45) is 0 Å². The van der Waals surface area contributed by atoms with Crippen LogP contribution in [0.2, 0.25) is 0 Å². The second-order valence-corrected chi connectivity index (χ2v) is 8.41. The van der Waals surface area contributed by atoms with Crippen molar-refractivity contribution in [1.29, 1.82) is 0 Å². The molecule has 1 N–H and O–H groups in total. The minimum atomic E-state index is -0.595. The Morgan fingerprint density at radius 2 is 1.77 bits per heavy atom. The topological polar surface area (TPSA) is 107 Å². The molecule has 4 rings (SSSR count). The van der Waals surface area contributed by atoms with Crippen molar-refractivity contribution < 1.29 is 19.2 Å². The smallest absolute Gasteiger partial charge is 0.270 e. The minimum absolute atomic E-state index is 0.00734. The summed E-state index contributed by atoms with van der Waals surface area (Å²) in [5, 5.41) is 13.7. The number of aryl methyl sites for hydroxylation is 2. The Hall–Kier alpha value is -4.31. The van der Waals surface area contributed by atoms with Gasteiger partial charge in [0, 0.05) is 29.2 Å². The highest BCUT2D eigenvalue weighted by Crippen LogP contribution is 2.32. The summed E-state index contributed by atoms with van der Waals surface area (Å²) < 4.78 is 7.30. The van der Waals surface area contributed by atoms with Gasteiger partial charge in [-0.25, -0.2) is 4.90 Å². The van der Waals surface area contributed by atoms with Crippen LogP contribution in [0.4, 0.5) is 11.4 Å². The highest BCUT2D eigenvalue weighted by Gasteiger charge is 2.36. The minimum Gasteiger partial charge on any atom is -0.495 e. The van der Waals surface area contributed by atoms with Gasteiger partial charge >= 0.3 is 0 Å². The van der Waals surface area contributed by atoms with Crippen LogP contribution in [0.1, 0.15) is 22.5 Å². The number of nitro benzene ring substituents is 1. The zero-order chi connectivity index (χ0) is 25.4. The van der Waals surface area contributed by atoms with Gasteiger partial charge in [0.1, 0.15) is 11.3 Å². The number of anilines is 1. The number of non-ortho nitro benzene ring substituents is 1. The van der Waals surface area contributed by atoms with E-state index in [4.69, 9.17) is 17.0 Å². The van der Waals surface area contributed by atoms with E-state index >= 15 is 0 Å². The van der Waals surface area contributed by atoms with E-state index in [1.165, 1.54) is 30.2 Å². The lowest BCUT2D eigenvalue weighted by Crippen LogP contribution is -2.54. The number of hydrogen-bond donors (Lipinski definition) is 1. The van der Waals surface area contributed by atoms with Crippen LogP contribution in [0.15, 0.2) is 54.1 Å². The molecule has 2 amide bonds. The molecule has 0 spiro atoms. The number of nitrogens with zero attached hydrogens (tertiary/aromatic N) is 3. The summed E-state index contributed by atoms with van der Waals surface area (Å²) in [6.07, 6.45) is 1.53. The summed E-state index contributed by atoms with van der Waals surface area (Å²) in [4.78, 5) is 38.1. The van der Waals surface area contributed by atoms with Crippen molar-refractivity contribution in [3.05, 3.63) is 86.7 Å². The van der Waals surface area contributed by atoms with E-state index in [1.54, 1.807) is 37.3 Å². The molecule has 0 bridgehead atoms. The van der Waals surface area contributed by atoms with Crippen molar-refractivity contribution in [2.75, 3.05) is 12.0 Å². The highest BCUT2D eigenvalue weighted by molar-refractivity contribution is 7.80. The van der Waals surface area contributed by atoms with Crippen LogP contribution in [0, 0.1) is 30.9 Å². The van der Waals surface area contributed by atoms with Crippen LogP contribution in [-0.2, 0) is 9.59 Å². The summed E-state index contributed by atoms with van der Waals surface area (Å²) >= 11 is 5.28. The maximum atomic E-state index is 13.4. The average Bonchev–Trinajstić information content (AvgIpc) is 3.09. The lowest BCUT2D eigenvalue weighted by Gasteiger charge is -2.29. The molecule has 178 valence electrons. The molecule has 0 unspecified atom stereocenters. The number of benzene rings is 2. The number of rotatable bonds is 5. The predicted molar refractivity (Wildman–Crippen MR) is 136 cm³/mol. The lowest BCUT2D eigenvalue weighted by molar-refractivity contribution is -0.384. The van der Waals surface area contributed by atoms with Crippen LogP contribution in [0.3, 0.4) is 0 Å². The molecular weight excluding hydrogens is 468 g/mol. The summed E-state index contributed by atoms with van der Waals surface area (Å²) in [6.45, 7) is 5.53. The molecule has 0 saturated carbocycles. The first-order valence-corrected chi connectivity index (χ1v) is 11.0. The number of hydrogen-bond acceptors (Lipinski definition) is 6. The molecule has 2 aromatic carbocycles. The Bertz CT molecular complexity index is 1440. The van der Waals surface area contributed by atoms with E-state index in [0.717, 1.165) is 22.6 Å². The maximum absolute atomic E-state index is 13.4. The zero-order valence-electron chi connectivity index (χ0n) is 19.5. The Kier molecular flexibility index (Phi) is 6.23. The number of ether oxygens (including phenoxy) is 1. The van der Waals surface area contributed by atoms with Crippen LogP contribution in [-0.4, -0.2) is 33.5 Å². The number of methoxy groups -OCH3 is 1. The number of carbonyl (C=O) groups is 2. The van der Waals surface area contributed by atoms with Crippen LogP contribution < -0.4 is 15.0 Å². The van der Waals surface area contributed by atoms with Gasteiger partial charge in [0.05, 0.1) is 17.7 Å². The third-order valence-electron chi connectivity index (χ3n) is 5.83. The molecule has 3 aromatic rings. The van der Waals surface area contributed by atoms with Crippen LogP contribution in [0.5, 0.6) is 5.75 Å². The Morgan fingerprint density at radius 1 is 1.06 bits per heavy atom. The van der Waals surface area contributed by atoms with Crippen molar-refractivity contribution in [3.8, 4) is 11.4 Å². The molecule has 0 atom stereocenters. The Morgan fingerprint density at radius 3 is 2.43 bits per heavy atom. The monoisotopic (exact) mass is 490 g/mol. The van der Waals surface area contributed by atoms with E-state index in [-0.39, 0.29) is 16.4 Å². The molecule has 1 fully saturated rings. The van der Waals surface area contributed by atoms with E-state index in [0.29, 0.717) is 17.0 Å². The molecule has 10 heteroatoms. The molecule has 1 aromatic heterocycles. The van der Waals surface area contributed by atoms with E-state index in [2.05, 4.69) is 5.32 Å². The first kappa shape index (κ1) is 23.8. The highest BCUT2D eigenvalue weighted by atomic mass is 32.1. The summed E-state index contributed by atoms with van der Waals surface area (Å²) in [6, 6.07) is 13.4. The summed E-state index contributed by atoms with van der Waals surface area (Å²) in [5.41, 5.74) is 4.11. The standard InChI is InChI=1S/C25H22N4O5S/c1-14-11-18(29(32)33)9-10-20(14)27-15(2)12-17(16(27)3)13-19-23(30)26-25(35)28(24(19)31)21-7-5-6-8-22(21)34-4/h5-13H,1-4H3,(H,26,30,35)/b19-13+. The first-order valence-electron chi connectivity index (χ1n) is 10.6. The molecule has 1 aliphatic heterocycles. The van der Waals surface area contributed by atoms with Gasteiger partial charge in [-0.1, -0.05) is 12.1 Å². The quantitative estimate of drug-likeness (QED) is 0.189. The number of nitrogens with one attached hydrogen (secondary N) is 1. The number of para-hydroxylation sites is 2. The normalized spacial score (nSPS) is 14.9. The van der Waals surface area contributed by atoms with Gasteiger partial charge in [-0.05, 0) is 74.5 Å². The van der Waals surface area contributed by atoms with Gasteiger partial charge in [-0.15, -0.1) is 0 Å². The second-order valence-electron chi connectivity index (χ2n) is 8.02. The number of thiocarbonyl (C=S) groups is 1. The fourth-order valence-corrected chi connectivity index (χ4v) is 4.43. The molecule has 0 radical (unpaired) electrons. The Balaban J connectivity index is 1.78. The number of aromatic nitrogens is 1. The Labute approximate surface area is 206 Å². The third-order valence-corrected chi connectivity index (χ3v) is 6.11. The van der Waals surface area contributed by atoms with Gasteiger partial charge in [0.2, 0.25) is 0 Å². The van der Waals surface area contributed by atoms with E-state index in [1.807, 2.05) is 24.5 Å². The molecule has 35 heavy (non-hydrogen) atoms. The SMILES string of the molecule is COc1ccccc1N1C(=O)/C(=C/c2cc(C)n(-c3ccc([N+](=O)[O-])cc3C)c2C)C(=O)NC1=S. The second kappa shape index (κ2) is 9.15. The first-order chi connectivity index (χ1) is 16.6. The molecule has 2 heterocycles. The maximum Gasteiger partial charge on any atom is 0.270 e. The summed E-state index contributed by atoms with van der Waals surface area (Å²) in [5.74, 6) is -0.729. The van der Waals surface area contributed by atoms with Gasteiger partial charge in [-0.3, -0.25) is 25.0 Å². The molecule has 0 aliphatic carbocycles. The third kappa shape index (κ3) is 4.19. The average molecular weight is 491 g/mol. The van der Waals surface area contributed by atoms with Gasteiger partial charge in [0.15, 0.2) is 5.11 Å². The molecule has 1 aliphatic rings. The number of nitro groups is 1. The number of amides is 2. The van der Waals surface area contributed by atoms with Crippen LogP contribution in [0.25, 0.3) is 11.8 Å². The fourth-order valence-electron chi connectivity index (χ4n) is 4.15. The fraction of sp³-hybridized carbons (Fsp3) is 0.160. The van der Waals surface area contributed by atoms with Crippen molar-refractivity contribution in [1.82, 2.24) is 9.88 Å². The van der Waals surface area contributed by atoms with Gasteiger partial charge < -0.3 is 9.30 Å². The zero-order valence-corrected chi connectivity index (χ0v) is 20.3. The molecular formula is C25H22N4O5S. The molecule has 9 nitrogen and oxygen atoms in total. The van der Waals surface area contributed by atoms with Gasteiger partial charge in [0.25, 0.3) is 17.5 Å². The van der Waals surface area contributed by atoms with Crippen molar-refractivity contribution in [3.63, 3.8) is 0 Å². The van der Waals surface area contributed by atoms with Crippen LogP contribution >= 0.6 is 12.2 Å². The van der Waals surface area contributed by atoms with Crippen molar-refractivity contribution in [2.45, 2.75) is 20.8 Å².